The summed E-state index contributed by atoms with van der Waals surface area (Å²) in [6.45, 7) is 10.5. The van der Waals surface area contributed by atoms with E-state index in [1.807, 2.05) is 25.9 Å². The average molecular weight is 265 g/mol. The summed E-state index contributed by atoms with van der Waals surface area (Å²) in [5, 5.41) is 0. The molecule has 1 aromatic rings. The normalized spacial score (nSPS) is 10.9. The molecular weight excluding hydrogens is 238 g/mol. The van der Waals surface area contributed by atoms with Crippen molar-refractivity contribution < 1.29 is 0 Å². The molecule has 0 aliphatic carbocycles. The summed E-state index contributed by atoms with van der Waals surface area (Å²) in [4.78, 5) is 17.6. The van der Waals surface area contributed by atoms with Gasteiger partial charge in [-0.2, -0.15) is 15.0 Å². The summed E-state index contributed by atoms with van der Waals surface area (Å²) in [5.41, 5.74) is 0. The molecule has 0 N–H and O–H groups in total. The van der Waals surface area contributed by atoms with Crippen molar-refractivity contribution in [2.75, 3.05) is 37.0 Å². The van der Waals surface area contributed by atoms with Crippen molar-refractivity contribution in [3.05, 3.63) is 5.82 Å². The Labute approximate surface area is 117 Å². The zero-order valence-electron chi connectivity index (χ0n) is 13.1. The molecule has 108 valence electrons. The van der Waals surface area contributed by atoms with Gasteiger partial charge in [0.25, 0.3) is 0 Å². The molecule has 0 aliphatic rings. The van der Waals surface area contributed by atoms with E-state index in [2.05, 4.69) is 40.6 Å². The van der Waals surface area contributed by atoms with E-state index in [9.17, 15) is 0 Å². The van der Waals surface area contributed by atoms with E-state index >= 15 is 0 Å². The third-order valence-electron chi connectivity index (χ3n) is 3.42. The lowest BCUT2D eigenvalue weighted by atomic mass is 10.0. The predicted molar refractivity (Wildman–Crippen MR) is 80.9 cm³/mol. The molecule has 5 heteroatoms. The molecule has 0 saturated carbocycles. The number of aromatic nitrogens is 3. The lowest BCUT2D eigenvalue weighted by molar-refractivity contribution is 0.482. The van der Waals surface area contributed by atoms with E-state index in [4.69, 9.17) is 0 Å². The van der Waals surface area contributed by atoms with Gasteiger partial charge < -0.3 is 9.80 Å². The fraction of sp³-hybridized carbons (Fsp3) is 0.786. The molecule has 1 heterocycles. The van der Waals surface area contributed by atoms with Crippen LogP contribution >= 0.6 is 0 Å². The van der Waals surface area contributed by atoms with Crippen LogP contribution in [0.2, 0.25) is 0 Å². The van der Waals surface area contributed by atoms with Crippen LogP contribution in [0, 0.1) is 12.8 Å². The average Bonchev–Trinajstić information content (AvgIpc) is 2.39. The molecule has 0 amide bonds. The van der Waals surface area contributed by atoms with E-state index in [0.717, 1.165) is 30.8 Å². The number of anilines is 2. The lowest BCUT2D eigenvalue weighted by Gasteiger charge is -2.26. The van der Waals surface area contributed by atoms with Gasteiger partial charge in [0.1, 0.15) is 5.82 Å². The molecular formula is C14H27N5. The predicted octanol–water partition coefficient (Wildman–Crippen LogP) is 2.51. The molecule has 0 unspecified atom stereocenters. The second-order valence-corrected chi connectivity index (χ2v) is 5.10. The minimum Gasteiger partial charge on any atom is -0.347 e. The van der Waals surface area contributed by atoms with Crippen LogP contribution < -0.4 is 9.80 Å². The molecule has 0 fully saturated rings. The minimum atomic E-state index is 0.694. The Bertz CT molecular complexity index is 387. The summed E-state index contributed by atoms with van der Waals surface area (Å²) in [7, 11) is 3.91. The molecule has 0 radical (unpaired) electrons. The minimum absolute atomic E-state index is 0.694. The van der Waals surface area contributed by atoms with Gasteiger partial charge in [0.05, 0.1) is 0 Å². The molecule has 19 heavy (non-hydrogen) atoms. The van der Waals surface area contributed by atoms with Crippen LogP contribution in [0.25, 0.3) is 0 Å². The number of hydrogen-bond acceptors (Lipinski definition) is 5. The summed E-state index contributed by atoms with van der Waals surface area (Å²) < 4.78 is 0. The number of nitrogens with zero attached hydrogens (tertiary/aromatic N) is 5. The van der Waals surface area contributed by atoms with Gasteiger partial charge in [0.15, 0.2) is 0 Å². The molecule has 0 aromatic carbocycles. The van der Waals surface area contributed by atoms with Crippen LogP contribution in [0.4, 0.5) is 11.9 Å². The zero-order valence-corrected chi connectivity index (χ0v) is 13.1. The summed E-state index contributed by atoms with van der Waals surface area (Å²) >= 11 is 0. The van der Waals surface area contributed by atoms with Crippen LogP contribution in [-0.4, -0.2) is 42.1 Å². The number of rotatable bonds is 7. The van der Waals surface area contributed by atoms with Gasteiger partial charge in [-0.05, 0) is 19.8 Å². The first-order valence-corrected chi connectivity index (χ1v) is 7.16. The van der Waals surface area contributed by atoms with Crippen molar-refractivity contribution in [3.63, 3.8) is 0 Å². The lowest BCUT2D eigenvalue weighted by Crippen LogP contribution is -2.31. The van der Waals surface area contributed by atoms with E-state index in [1.165, 1.54) is 12.8 Å². The van der Waals surface area contributed by atoms with Gasteiger partial charge in [0, 0.05) is 27.2 Å². The molecule has 1 rings (SSSR count). The van der Waals surface area contributed by atoms with E-state index < -0.39 is 0 Å². The van der Waals surface area contributed by atoms with Gasteiger partial charge in [-0.15, -0.1) is 0 Å². The molecule has 0 atom stereocenters. The maximum absolute atomic E-state index is 4.56. The van der Waals surface area contributed by atoms with Gasteiger partial charge in [-0.25, -0.2) is 0 Å². The monoisotopic (exact) mass is 265 g/mol. The maximum Gasteiger partial charge on any atom is 0.230 e. The Morgan fingerprint density at radius 2 is 1.53 bits per heavy atom. The second-order valence-electron chi connectivity index (χ2n) is 5.10. The molecule has 1 aromatic heterocycles. The van der Waals surface area contributed by atoms with Gasteiger partial charge >= 0.3 is 0 Å². The topological polar surface area (TPSA) is 45.2 Å². The summed E-state index contributed by atoms with van der Waals surface area (Å²) in [6.07, 6.45) is 2.38. The molecule has 0 aliphatic heterocycles. The number of hydrogen-bond donors (Lipinski definition) is 0. The maximum atomic E-state index is 4.56. The van der Waals surface area contributed by atoms with Crippen molar-refractivity contribution in [1.29, 1.82) is 0 Å². The van der Waals surface area contributed by atoms with E-state index in [-0.39, 0.29) is 0 Å². The van der Waals surface area contributed by atoms with Crippen molar-refractivity contribution in [2.45, 2.75) is 40.5 Å². The third-order valence-corrected chi connectivity index (χ3v) is 3.42. The first kappa shape index (κ1) is 15.7. The largest absolute Gasteiger partial charge is 0.347 e. The standard InChI is InChI=1S/C14H27N5/c1-7-12(8-2)10-19(9-3)14-16-11(4)15-13(17-14)18(5)6/h12H,7-10H2,1-6H3. The molecule has 0 bridgehead atoms. The first-order chi connectivity index (χ1) is 9.01. The fourth-order valence-corrected chi connectivity index (χ4v) is 2.01. The highest BCUT2D eigenvalue weighted by Gasteiger charge is 2.15. The van der Waals surface area contributed by atoms with Crippen molar-refractivity contribution in [1.82, 2.24) is 15.0 Å². The Morgan fingerprint density at radius 3 is 2.00 bits per heavy atom. The summed E-state index contributed by atoms with van der Waals surface area (Å²) in [5.74, 6) is 2.99. The van der Waals surface area contributed by atoms with E-state index in [1.54, 1.807) is 0 Å². The highest BCUT2D eigenvalue weighted by Crippen LogP contribution is 2.16. The van der Waals surface area contributed by atoms with Crippen molar-refractivity contribution in [2.24, 2.45) is 5.92 Å². The van der Waals surface area contributed by atoms with Crippen molar-refractivity contribution in [3.8, 4) is 0 Å². The van der Waals surface area contributed by atoms with Crippen molar-refractivity contribution >= 4 is 11.9 Å². The van der Waals surface area contributed by atoms with Gasteiger partial charge in [-0.3, -0.25) is 0 Å². The van der Waals surface area contributed by atoms with Crippen LogP contribution in [0.3, 0.4) is 0 Å². The SMILES string of the molecule is CCC(CC)CN(CC)c1nc(C)nc(N(C)C)n1. The van der Waals surface area contributed by atoms with Gasteiger partial charge in [0.2, 0.25) is 11.9 Å². The third kappa shape index (κ3) is 4.33. The van der Waals surface area contributed by atoms with Crippen LogP contribution in [-0.2, 0) is 0 Å². The Morgan fingerprint density at radius 1 is 0.947 bits per heavy atom. The quantitative estimate of drug-likeness (QED) is 0.758. The van der Waals surface area contributed by atoms with Crippen LogP contribution in [0.1, 0.15) is 39.4 Å². The second kappa shape index (κ2) is 7.26. The van der Waals surface area contributed by atoms with E-state index in [0.29, 0.717) is 5.92 Å². The Hall–Kier alpha value is -1.39. The smallest absolute Gasteiger partial charge is 0.230 e. The van der Waals surface area contributed by atoms with Crippen LogP contribution in [0.5, 0.6) is 0 Å². The Kier molecular flexibility index (Phi) is 5.99. The molecule has 0 spiro atoms. The van der Waals surface area contributed by atoms with Crippen LogP contribution in [0.15, 0.2) is 0 Å². The Balaban J connectivity index is 2.97. The first-order valence-electron chi connectivity index (χ1n) is 7.16. The van der Waals surface area contributed by atoms with Gasteiger partial charge in [-0.1, -0.05) is 26.7 Å². The summed E-state index contributed by atoms with van der Waals surface area (Å²) in [6, 6.07) is 0. The molecule has 0 saturated heterocycles. The highest BCUT2D eigenvalue weighted by molar-refractivity contribution is 5.37. The highest BCUT2D eigenvalue weighted by atomic mass is 15.3. The number of aryl methyl sites for hydroxylation is 1. The zero-order chi connectivity index (χ0) is 14.4. The fourth-order valence-electron chi connectivity index (χ4n) is 2.01. The molecule has 5 nitrogen and oxygen atoms in total.